The summed E-state index contributed by atoms with van der Waals surface area (Å²) in [4.78, 5) is 24.4. The molecule has 3 rings (SSSR count). The second-order valence-corrected chi connectivity index (χ2v) is 6.47. The Morgan fingerprint density at radius 2 is 1.85 bits per heavy atom. The van der Waals surface area contributed by atoms with Crippen molar-refractivity contribution in [3.8, 4) is 5.75 Å². The van der Waals surface area contributed by atoms with Crippen molar-refractivity contribution in [1.29, 1.82) is 0 Å². The quantitative estimate of drug-likeness (QED) is 0.813. The summed E-state index contributed by atoms with van der Waals surface area (Å²) in [5, 5.41) is 0. The largest absolute Gasteiger partial charge is 0.484 e. The highest BCUT2D eigenvalue weighted by Crippen LogP contribution is 2.31. The van der Waals surface area contributed by atoms with Crippen molar-refractivity contribution in [1.82, 2.24) is 10.9 Å². The molecule has 2 N–H and O–H groups in total. The number of ether oxygens (including phenoxy) is 1. The van der Waals surface area contributed by atoms with Gasteiger partial charge < -0.3 is 4.74 Å². The molecule has 5 heteroatoms. The van der Waals surface area contributed by atoms with Gasteiger partial charge in [0.25, 0.3) is 5.91 Å². The molecule has 0 unspecified atom stereocenters. The summed E-state index contributed by atoms with van der Waals surface area (Å²) in [7, 11) is 0. The lowest BCUT2D eigenvalue weighted by Crippen LogP contribution is -2.46. The van der Waals surface area contributed by atoms with Crippen LogP contribution in [0.25, 0.3) is 0 Å². The first-order valence-corrected chi connectivity index (χ1v) is 9.05. The lowest BCUT2D eigenvalue weighted by Gasteiger charge is -2.24. The highest BCUT2D eigenvalue weighted by atomic mass is 16.5. The third-order valence-electron chi connectivity index (χ3n) is 4.71. The van der Waals surface area contributed by atoms with Crippen molar-refractivity contribution in [2.24, 2.45) is 0 Å². The molecule has 1 atom stereocenters. The zero-order chi connectivity index (χ0) is 18.4. The number of fused-ring (bicyclic) bond motifs is 1. The maximum absolute atomic E-state index is 12.4. The van der Waals surface area contributed by atoms with Gasteiger partial charge in [-0.15, -0.1) is 0 Å². The maximum atomic E-state index is 12.4. The van der Waals surface area contributed by atoms with Gasteiger partial charge in [-0.2, -0.15) is 0 Å². The second-order valence-electron chi connectivity index (χ2n) is 6.47. The highest BCUT2D eigenvalue weighted by Gasteiger charge is 2.26. The zero-order valence-corrected chi connectivity index (χ0v) is 15.0. The van der Waals surface area contributed by atoms with E-state index in [9.17, 15) is 9.59 Å². The molecule has 2 aromatic carbocycles. The summed E-state index contributed by atoms with van der Waals surface area (Å²) in [6, 6.07) is 15.6. The Balaban J connectivity index is 1.48. The summed E-state index contributed by atoms with van der Waals surface area (Å²) < 4.78 is 5.44. The molecule has 0 radical (unpaired) electrons. The fourth-order valence-corrected chi connectivity index (χ4v) is 3.25. The van der Waals surface area contributed by atoms with Gasteiger partial charge in [-0.25, -0.2) is 0 Å². The Morgan fingerprint density at radius 1 is 1.08 bits per heavy atom. The van der Waals surface area contributed by atoms with Gasteiger partial charge in [-0.1, -0.05) is 43.3 Å². The van der Waals surface area contributed by atoms with E-state index in [4.69, 9.17) is 4.74 Å². The smallest absolute Gasteiger partial charge is 0.276 e. The number of hydrazine groups is 1. The molecule has 0 saturated heterocycles. The molecule has 26 heavy (non-hydrogen) atoms. The lowest BCUT2D eigenvalue weighted by molar-refractivity contribution is -0.130. The molecular weight excluding hydrogens is 328 g/mol. The van der Waals surface area contributed by atoms with E-state index >= 15 is 0 Å². The molecule has 2 aromatic rings. The molecule has 1 aliphatic carbocycles. The Kier molecular flexibility index (Phi) is 5.89. The SMILES string of the molecule is CCc1ccc(OCC(=O)NNC(=O)[C@@H]2CCCc3ccccc32)cc1. The van der Waals surface area contributed by atoms with Gasteiger partial charge in [0, 0.05) is 0 Å². The van der Waals surface area contributed by atoms with Crippen LogP contribution < -0.4 is 15.6 Å². The summed E-state index contributed by atoms with van der Waals surface area (Å²) in [6.45, 7) is 1.93. The molecule has 0 fully saturated rings. The topological polar surface area (TPSA) is 67.4 Å². The van der Waals surface area contributed by atoms with Crippen molar-refractivity contribution < 1.29 is 14.3 Å². The summed E-state index contributed by atoms with van der Waals surface area (Å²) in [5.74, 6) is -0.160. The fourth-order valence-electron chi connectivity index (χ4n) is 3.25. The molecule has 0 aromatic heterocycles. The number of rotatable bonds is 5. The van der Waals surface area contributed by atoms with Crippen LogP contribution in [0, 0.1) is 0 Å². The second kappa shape index (κ2) is 8.52. The van der Waals surface area contributed by atoms with Crippen molar-refractivity contribution in [2.45, 2.75) is 38.5 Å². The van der Waals surface area contributed by atoms with Crippen LogP contribution in [0.3, 0.4) is 0 Å². The molecule has 0 aliphatic heterocycles. The number of hydrogen-bond acceptors (Lipinski definition) is 3. The van der Waals surface area contributed by atoms with E-state index in [0.717, 1.165) is 31.2 Å². The van der Waals surface area contributed by atoms with Crippen LogP contribution >= 0.6 is 0 Å². The number of benzene rings is 2. The molecule has 136 valence electrons. The number of carbonyl (C=O) groups excluding carboxylic acids is 2. The van der Waals surface area contributed by atoms with Gasteiger partial charge in [0.05, 0.1) is 5.92 Å². The average molecular weight is 352 g/mol. The van der Waals surface area contributed by atoms with Gasteiger partial charge in [-0.3, -0.25) is 20.4 Å². The predicted octanol–water partition coefficient (Wildman–Crippen LogP) is 2.90. The Bertz CT molecular complexity index is 771. The number of aryl methyl sites for hydroxylation is 2. The summed E-state index contributed by atoms with van der Waals surface area (Å²) in [6.07, 6.45) is 3.72. The van der Waals surface area contributed by atoms with Gasteiger partial charge in [0.1, 0.15) is 5.75 Å². The summed E-state index contributed by atoms with van der Waals surface area (Å²) >= 11 is 0. The Morgan fingerprint density at radius 3 is 2.62 bits per heavy atom. The minimum atomic E-state index is -0.387. The molecule has 1 aliphatic rings. The van der Waals surface area contributed by atoms with Crippen LogP contribution in [0.15, 0.2) is 48.5 Å². The third kappa shape index (κ3) is 4.42. The van der Waals surface area contributed by atoms with E-state index in [1.807, 2.05) is 42.5 Å². The predicted molar refractivity (Wildman–Crippen MR) is 99.7 cm³/mol. The first-order valence-electron chi connectivity index (χ1n) is 9.05. The van der Waals surface area contributed by atoms with Crippen molar-refractivity contribution in [2.75, 3.05) is 6.61 Å². The van der Waals surface area contributed by atoms with E-state index in [1.54, 1.807) is 0 Å². The first-order chi connectivity index (χ1) is 12.7. The molecule has 0 spiro atoms. The number of carbonyl (C=O) groups is 2. The third-order valence-corrected chi connectivity index (χ3v) is 4.71. The van der Waals surface area contributed by atoms with Crippen LogP contribution in [0.5, 0.6) is 5.75 Å². The normalized spacial score (nSPS) is 15.7. The first kappa shape index (κ1) is 18.0. The monoisotopic (exact) mass is 352 g/mol. The molecule has 0 bridgehead atoms. The number of nitrogens with one attached hydrogen (secondary N) is 2. The number of hydrogen-bond donors (Lipinski definition) is 2. The zero-order valence-electron chi connectivity index (χ0n) is 15.0. The van der Waals surface area contributed by atoms with Crippen LogP contribution in [0.4, 0.5) is 0 Å². The van der Waals surface area contributed by atoms with Crippen molar-refractivity contribution in [3.63, 3.8) is 0 Å². The molecular formula is C21H24N2O3. The average Bonchev–Trinajstić information content (AvgIpc) is 2.70. The fraction of sp³-hybridized carbons (Fsp3) is 0.333. The van der Waals surface area contributed by atoms with Gasteiger partial charge in [0.15, 0.2) is 6.61 Å². The Labute approximate surface area is 153 Å². The van der Waals surface area contributed by atoms with Crippen LogP contribution in [-0.2, 0) is 22.4 Å². The van der Waals surface area contributed by atoms with Crippen LogP contribution in [-0.4, -0.2) is 18.4 Å². The van der Waals surface area contributed by atoms with Gasteiger partial charge in [0.2, 0.25) is 5.91 Å². The van der Waals surface area contributed by atoms with E-state index in [2.05, 4.69) is 23.8 Å². The van der Waals surface area contributed by atoms with Crippen LogP contribution in [0.2, 0.25) is 0 Å². The van der Waals surface area contributed by atoms with Crippen molar-refractivity contribution in [3.05, 3.63) is 65.2 Å². The highest BCUT2D eigenvalue weighted by molar-refractivity contribution is 5.87. The van der Waals surface area contributed by atoms with Crippen LogP contribution in [0.1, 0.15) is 42.4 Å². The minimum Gasteiger partial charge on any atom is -0.484 e. The van der Waals surface area contributed by atoms with E-state index in [1.165, 1.54) is 11.1 Å². The molecule has 0 heterocycles. The van der Waals surface area contributed by atoms with Gasteiger partial charge >= 0.3 is 0 Å². The van der Waals surface area contributed by atoms with Gasteiger partial charge in [-0.05, 0) is 54.5 Å². The Hall–Kier alpha value is -2.82. The standard InChI is InChI=1S/C21H24N2O3/c1-2-15-10-12-17(13-11-15)26-14-20(24)22-23-21(25)19-9-5-7-16-6-3-4-8-18(16)19/h3-4,6,8,10-13,19H,2,5,7,9,14H2,1H3,(H,22,24)(H,23,25)/t19-/m1/s1. The lowest BCUT2D eigenvalue weighted by atomic mass is 9.82. The molecule has 5 nitrogen and oxygen atoms in total. The molecule has 0 saturated carbocycles. The minimum absolute atomic E-state index is 0.146. The van der Waals surface area contributed by atoms with E-state index in [0.29, 0.717) is 5.75 Å². The number of amides is 2. The summed E-state index contributed by atoms with van der Waals surface area (Å²) in [5.41, 5.74) is 8.44. The maximum Gasteiger partial charge on any atom is 0.276 e. The molecule has 2 amide bonds. The van der Waals surface area contributed by atoms with E-state index < -0.39 is 0 Å². The van der Waals surface area contributed by atoms with Crippen molar-refractivity contribution >= 4 is 11.8 Å². The van der Waals surface area contributed by atoms with E-state index in [-0.39, 0.29) is 24.3 Å².